The monoisotopic (exact) mass is 546 g/mol. The number of aromatic nitrogens is 2. The van der Waals surface area contributed by atoms with Gasteiger partial charge in [0.25, 0.3) is 11.8 Å². The van der Waals surface area contributed by atoms with Crippen LogP contribution in [0.4, 0.5) is 4.39 Å². The van der Waals surface area contributed by atoms with E-state index in [0.29, 0.717) is 29.8 Å². The Hall–Kier alpha value is -3.02. The number of H-pyrrole nitrogens is 1. The second-order valence-electron chi connectivity index (χ2n) is 9.67. The molecular weight excluding hydrogens is 519 g/mol. The summed E-state index contributed by atoms with van der Waals surface area (Å²) in [6, 6.07) is 3.56. The first-order chi connectivity index (χ1) is 17.7. The van der Waals surface area contributed by atoms with E-state index < -0.39 is 23.8 Å². The largest absolute Gasteiger partial charge is 0.359 e. The van der Waals surface area contributed by atoms with Crippen LogP contribution in [0.5, 0.6) is 0 Å². The molecule has 3 heterocycles. The van der Waals surface area contributed by atoms with Gasteiger partial charge in [0.15, 0.2) is 10.8 Å². The Morgan fingerprint density at radius 2 is 1.97 bits per heavy atom. The normalized spacial score (nSPS) is 21.9. The minimum Gasteiger partial charge on any atom is -0.359 e. The van der Waals surface area contributed by atoms with Gasteiger partial charge in [-0.15, -0.1) is 11.3 Å². The fourth-order valence-corrected chi connectivity index (χ4v) is 6.36. The average molecular weight is 547 g/mol. The highest BCUT2D eigenvalue weighted by Crippen LogP contribution is 2.29. The molecule has 0 radical (unpaired) electrons. The number of rotatable bonds is 5. The number of benzene rings is 1. The summed E-state index contributed by atoms with van der Waals surface area (Å²) >= 11 is 7.25. The maximum atomic E-state index is 14.4. The second-order valence-corrected chi connectivity index (χ2v) is 11.2. The Labute approximate surface area is 222 Å². The molecule has 0 bridgehead atoms. The van der Waals surface area contributed by atoms with E-state index in [1.165, 1.54) is 23.5 Å². The summed E-state index contributed by atoms with van der Waals surface area (Å²) in [6.07, 6.45) is 2.23. The highest BCUT2D eigenvalue weighted by Gasteiger charge is 2.36. The third-order valence-electron chi connectivity index (χ3n) is 7.15. The number of aromatic amines is 1. The van der Waals surface area contributed by atoms with E-state index in [1.54, 1.807) is 13.1 Å². The molecule has 5 rings (SSSR count). The van der Waals surface area contributed by atoms with Crippen LogP contribution in [0, 0.1) is 11.7 Å². The zero-order valence-corrected chi connectivity index (χ0v) is 22.1. The van der Waals surface area contributed by atoms with Crippen LogP contribution in [0.1, 0.15) is 50.1 Å². The number of amides is 3. The molecule has 3 amide bonds. The molecule has 12 heteroatoms. The molecule has 1 unspecified atom stereocenters. The maximum Gasteiger partial charge on any atom is 0.280 e. The smallest absolute Gasteiger partial charge is 0.280 e. The van der Waals surface area contributed by atoms with Crippen molar-refractivity contribution >= 4 is 51.6 Å². The summed E-state index contributed by atoms with van der Waals surface area (Å²) < 4.78 is 14.4. The van der Waals surface area contributed by atoms with Gasteiger partial charge in [-0.25, -0.2) is 9.37 Å². The lowest BCUT2D eigenvalue weighted by Crippen LogP contribution is -2.55. The Kier molecular flexibility index (Phi) is 7.19. The summed E-state index contributed by atoms with van der Waals surface area (Å²) in [7, 11) is 3.62. The van der Waals surface area contributed by atoms with Gasteiger partial charge in [0.05, 0.1) is 16.8 Å². The van der Waals surface area contributed by atoms with E-state index in [4.69, 9.17) is 11.6 Å². The number of hydrogen-bond acceptors (Lipinski definition) is 6. The van der Waals surface area contributed by atoms with Crippen LogP contribution in [0.15, 0.2) is 18.2 Å². The van der Waals surface area contributed by atoms with E-state index in [9.17, 15) is 18.8 Å². The van der Waals surface area contributed by atoms with Crippen molar-refractivity contribution in [3.8, 4) is 0 Å². The van der Waals surface area contributed by atoms with E-state index in [2.05, 4.69) is 30.8 Å². The van der Waals surface area contributed by atoms with Gasteiger partial charge in [-0.1, -0.05) is 11.6 Å². The molecule has 9 nitrogen and oxygen atoms in total. The Morgan fingerprint density at radius 1 is 1.19 bits per heavy atom. The Balaban J connectivity index is 1.34. The molecule has 196 valence electrons. The number of carbonyl (C=O) groups excluding carboxylic acids is 3. The first-order valence-electron chi connectivity index (χ1n) is 12.2. The first kappa shape index (κ1) is 25.6. The topological polar surface area (TPSA) is 119 Å². The zero-order valence-electron chi connectivity index (χ0n) is 20.5. The molecule has 1 aromatic carbocycles. The summed E-state index contributed by atoms with van der Waals surface area (Å²) in [5.74, 6) is -1.72. The number of nitrogens with zero attached hydrogens (tertiary/aromatic N) is 2. The quantitative estimate of drug-likeness (QED) is 0.392. The summed E-state index contributed by atoms with van der Waals surface area (Å²) in [4.78, 5) is 49.4. The summed E-state index contributed by atoms with van der Waals surface area (Å²) in [5.41, 5.74) is 1.60. The third kappa shape index (κ3) is 5.21. The molecule has 1 aliphatic heterocycles. The fourth-order valence-electron chi connectivity index (χ4n) is 5.11. The molecule has 0 spiro atoms. The zero-order chi connectivity index (χ0) is 26.3. The van der Waals surface area contributed by atoms with Crippen LogP contribution in [-0.4, -0.2) is 65.3 Å². The van der Waals surface area contributed by atoms with Gasteiger partial charge in [-0.05, 0) is 44.5 Å². The van der Waals surface area contributed by atoms with Gasteiger partial charge in [0, 0.05) is 54.3 Å². The number of likely N-dealkylation sites (N-methyl/N-ethyl adjacent to an activating group) is 1. The number of fused-ring (bicyclic) bond motifs is 2. The van der Waals surface area contributed by atoms with Crippen LogP contribution >= 0.6 is 22.9 Å². The van der Waals surface area contributed by atoms with Gasteiger partial charge in [0.1, 0.15) is 5.69 Å². The average Bonchev–Trinajstić information content (AvgIpc) is 3.51. The fraction of sp³-hybridized carbons (Fsp3) is 0.440. The third-order valence-corrected chi connectivity index (χ3v) is 8.53. The van der Waals surface area contributed by atoms with Crippen LogP contribution in [0.2, 0.25) is 5.02 Å². The molecule has 1 saturated carbocycles. The van der Waals surface area contributed by atoms with Crippen molar-refractivity contribution in [1.82, 2.24) is 30.8 Å². The number of nitrogens with one attached hydrogen (secondary N) is 4. The van der Waals surface area contributed by atoms with Crippen LogP contribution in [-0.2, 0) is 17.8 Å². The number of carbonyl (C=O) groups is 3. The SMILES string of the molecule is CNC(=O)C1CC[C@H](NC(=O)c2cc3c(F)c(Cl)ccc3[nH]2)[C@H](NC(=O)c2nc3c(s2)CN(C)CC3)C1. The molecule has 3 aromatic rings. The molecule has 2 aliphatic rings. The Morgan fingerprint density at radius 3 is 2.76 bits per heavy atom. The minimum absolute atomic E-state index is 0.0238. The maximum absolute atomic E-state index is 14.4. The van der Waals surface area contributed by atoms with Crippen molar-refractivity contribution in [3.63, 3.8) is 0 Å². The van der Waals surface area contributed by atoms with Crippen LogP contribution in [0.25, 0.3) is 10.9 Å². The highest BCUT2D eigenvalue weighted by molar-refractivity contribution is 7.13. The van der Waals surface area contributed by atoms with E-state index >= 15 is 0 Å². The summed E-state index contributed by atoms with van der Waals surface area (Å²) in [6.45, 7) is 1.66. The highest BCUT2D eigenvalue weighted by atomic mass is 35.5. The van der Waals surface area contributed by atoms with Gasteiger partial charge in [-0.3, -0.25) is 14.4 Å². The van der Waals surface area contributed by atoms with Crippen LogP contribution in [0.3, 0.4) is 0 Å². The van der Waals surface area contributed by atoms with E-state index in [1.807, 2.05) is 7.05 Å². The number of hydrogen-bond donors (Lipinski definition) is 4. The van der Waals surface area contributed by atoms with E-state index in [0.717, 1.165) is 30.1 Å². The Bertz CT molecular complexity index is 1370. The van der Waals surface area contributed by atoms with Gasteiger partial charge < -0.3 is 25.8 Å². The molecule has 37 heavy (non-hydrogen) atoms. The van der Waals surface area contributed by atoms with Gasteiger partial charge in [-0.2, -0.15) is 0 Å². The standard InChI is InChI=1S/C25H28ClFN6O3S/c1-28-22(34)12-3-5-16(30-23(35)19-10-13-15(29-19)6-4-14(26)21(13)27)18(9-12)31-24(36)25-32-17-7-8-33(2)11-20(17)37-25/h4,6,10,12,16,18,29H,3,5,7-9,11H2,1-2H3,(H,28,34)(H,30,35)(H,31,36)/t12?,16-,18+/m0/s1. The minimum atomic E-state index is -0.594. The molecule has 0 saturated heterocycles. The molecular formula is C25H28ClFN6O3S. The molecule has 1 fully saturated rings. The predicted octanol–water partition coefficient (Wildman–Crippen LogP) is 2.85. The van der Waals surface area contributed by atoms with Crippen molar-refractivity contribution in [1.29, 1.82) is 0 Å². The van der Waals surface area contributed by atoms with Crippen molar-refractivity contribution in [2.24, 2.45) is 5.92 Å². The predicted molar refractivity (Wildman–Crippen MR) is 139 cm³/mol. The molecule has 4 N–H and O–H groups in total. The van der Waals surface area contributed by atoms with Gasteiger partial charge >= 0.3 is 0 Å². The van der Waals surface area contributed by atoms with Crippen molar-refractivity contribution < 1.29 is 18.8 Å². The molecule has 2 aromatic heterocycles. The lowest BCUT2D eigenvalue weighted by atomic mass is 9.81. The lowest BCUT2D eigenvalue weighted by molar-refractivity contribution is -0.125. The molecule has 1 aliphatic carbocycles. The van der Waals surface area contributed by atoms with Gasteiger partial charge in [0.2, 0.25) is 5.91 Å². The summed E-state index contributed by atoms with van der Waals surface area (Å²) in [5, 5.41) is 9.27. The lowest BCUT2D eigenvalue weighted by Gasteiger charge is -2.36. The van der Waals surface area contributed by atoms with Crippen LogP contribution < -0.4 is 16.0 Å². The van der Waals surface area contributed by atoms with Crippen molar-refractivity contribution in [2.75, 3.05) is 20.6 Å². The molecule has 3 atom stereocenters. The first-order valence-corrected chi connectivity index (χ1v) is 13.4. The van der Waals surface area contributed by atoms with Crippen molar-refractivity contribution in [3.05, 3.63) is 50.3 Å². The van der Waals surface area contributed by atoms with E-state index in [-0.39, 0.29) is 33.8 Å². The second kappa shape index (κ2) is 10.4. The number of thiazole rings is 1. The number of halogens is 2. The van der Waals surface area contributed by atoms with Crippen molar-refractivity contribution in [2.45, 2.75) is 44.3 Å².